The van der Waals surface area contributed by atoms with E-state index in [1.54, 1.807) is 60.7 Å². The largest absolute Gasteiger partial charge is 0.506 e. The highest BCUT2D eigenvalue weighted by Gasteiger charge is 2.46. The fourth-order valence-corrected chi connectivity index (χ4v) is 6.37. The highest BCUT2D eigenvalue weighted by atomic mass is 16.4. The molecule has 0 saturated heterocycles. The first kappa shape index (κ1) is 33.1. The van der Waals surface area contributed by atoms with Gasteiger partial charge in [0.25, 0.3) is 0 Å². The quantitative estimate of drug-likeness (QED) is 0.105. The van der Waals surface area contributed by atoms with E-state index >= 15 is 0 Å². The second kappa shape index (κ2) is 14.1. The lowest BCUT2D eigenvalue weighted by Crippen LogP contribution is -2.50. The van der Waals surface area contributed by atoms with E-state index in [4.69, 9.17) is 0 Å². The average molecular weight is 661 g/mol. The molecule has 0 bridgehead atoms. The van der Waals surface area contributed by atoms with Crippen molar-refractivity contribution < 1.29 is 29.7 Å². The molecule has 1 aliphatic carbocycles. The summed E-state index contributed by atoms with van der Waals surface area (Å²) in [5.41, 5.74) is 3.68. The van der Waals surface area contributed by atoms with Crippen LogP contribution in [0, 0.1) is 0 Å². The molecule has 0 aliphatic heterocycles. The van der Waals surface area contributed by atoms with Crippen LogP contribution in [0.3, 0.4) is 0 Å². The maximum absolute atomic E-state index is 12.9. The number of anilines is 1. The van der Waals surface area contributed by atoms with Crippen molar-refractivity contribution in [3.8, 4) is 5.75 Å². The van der Waals surface area contributed by atoms with Crippen molar-refractivity contribution in [3.63, 3.8) is 0 Å². The number of hydrogen-bond donors (Lipinski definition) is 7. The van der Waals surface area contributed by atoms with Gasteiger partial charge in [-0.3, -0.25) is 14.4 Å². The molecule has 5 aromatic rings. The fourth-order valence-electron chi connectivity index (χ4n) is 6.37. The number of carbonyl (C=O) groups excluding carboxylic acids is 2. The van der Waals surface area contributed by atoms with E-state index in [2.05, 4.69) is 20.9 Å². The molecule has 0 radical (unpaired) electrons. The van der Waals surface area contributed by atoms with Crippen LogP contribution in [0.4, 0.5) is 5.69 Å². The van der Waals surface area contributed by atoms with Gasteiger partial charge < -0.3 is 36.3 Å². The van der Waals surface area contributed by atoms with Gasteiger partial charge in [-0.1, -0.05) is 66.7 Å². The van der Waals surface area contributed by atoms with Gasteiger partial charge in [0, 0.05) is 30.2 Å². The van der Waals surface area contributed by atoms with Crippen molar-refractivity contribution in [1.82, 2.24) is 15.6 Å². The van der Waals surface area contributed by atoms with E-state index in [9.17, 15) is 34.5 Å². The lowest BCUT2D eigenvalue weighted by atomic mass is 9.91. The highest BCUT2D eigenvalue weighted by Crippen LogP contribution is 2.37. The molecule has 1 aliphatic rings. The van der Waals surface area contributed by atoms with Crippen LogP contribution in [0.15, 0.2) is 102 Å². The van der Waals surface area contributed by atoms with Crippen LogP contribution in [0.5, 0.6) is 5.75 Å². The number of rotatable bonds is 12. The number of amides is 2. The predicted molar refractivity (Wildman–Crippen MR) is 184 cm³/mol. The number of aryl methyl sites for hydroxylation is 1. The summed E-state index contributed by atoms with van der Waals surface area (Å²) in [6.45, 7) is 0.700. The minimum atomic E-state index is -1.43. The van der Waals surface area contributed by atoms with Gasteiger partial charge in [-0.25, -0.2) is 4.79 Å². The molecule has 11 heteroatoms. The Balaban J connectivity index is 0.966. The number of aromatic nitrogens is 1. The number of fused-ring (bicyclic) bond motifs is 2. The van der Waals surface area contributed by atoms with Crippen LogP contribution in [-0.4, -0.2) is 44.6 Å². The number of pyridine rings is 1. The van der Waals surface area contributed by atoms with Gasteiger partial charge in [-0.15, -0.1) is 0 Å². The first-order valence-electron chi connectivity index (χ1n) is 15.9. The lowest BCUT2D eigenvalue weighted by Gasteiger charge is -2.27. The summed E-state index contributed by atoms with van der Waals surface area (Å²) in [6.07, 6.45) is 0.152. The summed E-state index contributed by atoms with van der Waals surface area (Å²) in [4.78, 5) is 52.1. The van der Waals surface area contributed by atoms with Crippen molar-refractivity contribution in [1.29, 1.82) is 0 Å². The Morgan fingerprint density at radius 2 is 1.49 bits per heavy atom. The molecular weight excluding hydrogens is 624 g/mol. The number of carboxylic acid groups (broad SMARTS) is 1. The third kappa shape index (κ3) is 7.38. The summed E-state index contributed by atoms with van der Waals surface area (Å²) in [5.74, 6) is -1.73. The van der Waals surface area contributed by atoms with Crippen molar-refractivity contribution in [2.45, 2.75) is 43.9 Å². The molecular formula is C38H36N4O7. The van der Waals surface area contributed by atoms with Crippen LogP contribution < -0.4 is 21.5 Å². The number of phenolic OH excluding ortho intramolecular Hbond substituents is 1. The smallest absolute Gasteiger partial charge is 0.334 e. The second-order valence-electron chi connectivity index (χ2n) is 12.3. The van der Waals surface area contributed by atoms with Crippen LogP contribution >= 0.6 is 0 Å². The van der Waals surface area contributed by atoms with Gasteiger partial charge in [-0.2, -0.15) is 0 Å². The van der Waals surface area contributed by atoms with Crippen molar-refractivity contribution in [2.24, 2.45) is 0 Å². The van der Waals surface area contributed by atoms with E-state index < -0.39 is 17.6 Å². The molecule has 0 fully saturated rings. The molecule has 11 nitrogen and oxygen atoms in total. The molecule has 4 aromatic carbocycles. The molecule has 1 heterocycles. The minimum Gasteiger partial charge on any atom is -0.506 e. The molecule has 1 aromatic heterocycles. The minimum absolute atomic E-state index is 0.0135. The van der Waals surface area contributed by atoms with E-state index in [-0.39, 0.29) is 48.0 Å². The summed E-state index contributed by atoms with van der Waals surface area (Å²) in [6, 6.07) is 27.7. The second-order valence-corrected chi connectivity index (χ2v) is 12.3. The molecule has 0 saturated carbocycles. The topological polar surface area (TPSA) is 181 Å². The summed E-state index contributed by atoms with van der Waals surface area (Å²) >= 11 is 0. The molecule has 6 rings (SSSR count). The Labute approximate surface area is 281 Å². The van der Waals surface area contributed by atoms with Crippen LogP contribution in [0.2, 0.25) is 0 Å². The molecule has 2 amide bonds. The molecule has 49 heavy (non-hydrogen) atoms. The van der Waals surface area contributed by atoms with Crippen molar-refractivity contribution >= 4 is 34.4 Å². The zero-order valence-electron chi connectivity index (χ0n) is 26.5. The number of carbonyl (C=O) groups is 3. The SMILES string of the molecule is O=C(Cc1ccc(CC(=O)NC2(C(=O)O)CCc3ccccc32)cc1)Nc1ccc(CNCC(O)c2ccc(O)c3[nH]c(=O)ccc23)cc1. The van der Waals surface area contributed by atoms with Crippen molar-refractivity contribution in [3.05, 3.63) is 141 Å². The maximum atomic E-state index is 12.9. The van der Waals surface area contributed by atoms with Gasteiger partial charge in [-0.05, 0) is 70.5 Å². The van der Waals surface area contributed by atoms with Gasteiger partial charge in [0.05, 0.1) is 24.5 Å². The monoisotopic (exact) mass is 660 g/mol. The summed E-state index contributed by atoms with van der Waals surface area (Å²) < 4.78 is 0. The number of benzene rings is 4. The number of aromatic amines is 1. The van der Waals surface area contributed by atoms with E-state index in [0.717, 1.165) is 16.7 Å². The average Bonchev–Trinajstić information content (AvgIpc) is 3.46. The Morgan fingerprint density at radius 1 is 0.816 bits per heavy atom. The number of H-pyrrole nitrogens is 1. The normalized spacial score (nSPS) is 15.8. The fraction of sp³-hybridized carbons (Fsp3) is 0.211. The highest BCUT2D eigenvalue weighted by molar-refractivity contribution is 5.92. The Hall–Kier alpha value is -5.78. The third-order valence-corrected chi connectivity index (χ3v) is 8.89. The van der Waals surface area contributed by atoms with Gasteiger partial charge in [0.15, 0.2) is 5.54 Å². The summed E-state index contributed by atoms with van der Waals surface area (Å²) in [7, 11) is 0. The number of hydrogen-bond acceptors (Lipinski definition) is 7. The molecule has 250 valence electrons. The number of phenols is 1. The van der Waals surface area contributed by atoms with Gasteiger partial charge in [0.1, 0.15) is 5.75 Å². The first-order chi connectivity index (χ1) is 23.6. The standard InChI is InChI=1S/C38H36N4O7/c43-31-15-13-28(29-14-16-33(45)41-36(29)31)32(44)22-39-21-25-9-11-27(12-10-25)40-34(46)19-23-5-7-24(8-6-23)20-35(47)42-38(37(48)49)18-17-26-3-1-2-4-30(26)38/h1-16,32,39,43-44H,17-22H2,(H,40,46)(H,41,45)(H,42,47)(H,48,49). The van der Waals surface area contributed by atoms with E-state index in [1.807, 2.05) is 24.3 Å². The number of nitrogens with one attached hydrogen (secondary N) is 4. The zero-order valence-corrected chi connectivity index (χ0v) is 26.5. The van der Waals surface area contributed by atoms with Gasteiger partial charge >= 0.3 is 5.97 Å². The number of aliphatic hydroxyl groups is 1. The summed E-state index contributed by atoms with van der Waals surface area (Å²) in [5, 5.41) is 40.3. The van der Waals surface area contributed by atoms with Gasteiger partial charge in [0.2, 0.25) is 17.4 Å². The molecule has 2 atom stereocenters. The third-order valence-electron chi connectivity index (χ3n) is 8.89. The number of aliphatic hydroxyl groups excluding tert-OH is 1. The van der Waals surface area contributed by atoms with E-state index in [0.29, 0.717) is 47.2 Å². The zero-order chi connectivity index (χ0) is 34.5. The predicted octanol–water partition coefficient (Wildman–Crippen LogP) is 3.82. The van der Waals surface area contributed by atoms with Crippen molar-refractivity contribution in [2.75, 3.05) is 11.9 Å². The number of aromatic hydroxyl groups is 1. The molecule has 0 spiro atoms. The Bertz CT molecular complexity index is 2080. The Kier molecular flexibility index (Phi) is 9.56. The maximum Gasteiger partial charge on any atom is 0.334 e. The lowest BCUT2D eigenvalue weighted by molar-refractivity contribution is -0.148. The first-order valence-corrected chi connectivity index (χ1v) is 15.9. The number of carboxylic acids is 1. The van der Waals surface area contributed by atoms with E-state index in [1.165, 1.54) is 12.1 Å². The van der Waals surface area contributed by atoms with Crippen LogP contribution in [-0.2, 0) is 45.7 Å². The molecule has 7 N–H and O–H groups in total. The van der Waals surface area contributed by atoms with Crippen LogP contribution in [0.25, 0.3) is 10.9 Å². The van der Waals surface area contributed by atoms with Crippen LogP contribution in [0.1, 0.15) is 45.9 Å². The number of aliphatic carboxylic acids is 1. The molecule has 2 unspecified atom stereocenters. The Morgan fingerprint density at radius 3 is 2.20 bits per heavy atom.